The van der Waals surface area contributed by atoms with Crippen LogP contribution in [0.1, 0.15) is 61.0 Å². The van der Waals surface area contributed by atoms with Gasteiger partial charge in [-0.2, -0.15) is 0 Å². The highest BCUT2D eigenvalue weighted by Gasteiger charge is 2.25. The smallest absolute Gasteiger partial charge is 0.338 e. The van der Waals surface area contributed by atoms with Gasteiger partial charge in [-0.05, 0) is 36.0 Å². The number of rotatable bonds is 6. The molecule has 0 fully saturated rings. The normalized spacial score (nSPS) is 13.0. The molecule has 1 aromatic rings. The highest BCUT2D eigenvalue weighted by atomic mass is 32.2. The molecule has 21 heavy (non-hydrogen) atoms. The Balaban J connectivity index is 3.74. The van der Waals surface area contributed by atoms with E-state index in [1.54, 1.807) is 12.1 Å². The molecule has 5 heteroatoms. The molecule has 1 unspecified atom stereocenters. The number of carbonyl (C=O) groups is 1. The van der Waals surface area contributed by atoms with Crippen LogP contribution in [0.3, 0.4) is 0 Å². The quantitative estimate of drug-likeness (QED) is 0.756. The summed E-state index contributed by atoms with van der Waals surface area (Å²) in [6.07, 6.45) is 3.34. The third-order valence-corrected chi connectivity index (χ3v) is 4.93. The Morgan fingerprint density at radius 2 is 1.90 bits per heavy atom. The molecule has 0 amide bonds. The minimum Gasteiger partial charge on any atom is -0.465 e. The van der Waals surface area contributed by atoms with Crippen LogP contribution in [0.25, 0.3) is 0 Å². The van der Waals surface area contributed by atoms with Crippen molar-refractivity contribution in [3.8, 4) is 0 Å². The molecule has 0 N–H and O–H groups in total. The standard InChI is InChI=1S/C16H24O4S/c1-6-8-13-14(16(17)20-4)10-9-12(11(3)7-2)15(13)21(5,18)19/h9-11H,6-8H2,1-5H3. The Kier molecular flexibility index (Phi) is 5.96. The Morgan fingerprint density at radius 3 is 2.33 bits per heavy atom. The largest absolute Gasteiger partial charge is 0.465 e. The molecule has 0 aliphatic carbocycles. The maximum atomic E-state index is 12.3. The molecule has 0 bridgehead atoms. The highest BCUT2D eigenvalue weighted by molar-refractivity contribution is 7.90. The van der Waals surface area contributed by atoms with Gasteiger partial charge >= 0.3 is 5.97 Å². The van der Waals surface area contributed by atoms with Crippen molar-refractivity contribution < 1.29 is 17.9 Å². The third kappa shape index (κ3) is 3.84. The van der Waals surface area contributed by atoms with Crippen LogP contribution >= 0.6 is 0 Å². The van der Waals surface area contributed by atoms with Gasteiger partial charge in [0, 0.05) is 6.26 Å². The first-order valence-electron chi connectivity index (χ1n) is 7.21. The summed E-state index contributed by atoms with van der Waals surface area (Å²) in [5.74, 6) is -0.365. The lowest BCUT2D eigenvalue weighted by molar-refractivity contribution is 0.0599. The maximum Gasteiger partial charge on any atom is 0.338 e. The SMILES string of the molecule is CCCc1c(C(=O)OC)ccc(C(C)CC)c1S(C)(=O)=O. The van der Waals surface area contributed by atoms with Gasteiger partial charge in [-0.1, -0.05) is 33.3 Å². The first-order chi connectivity index (χ1) is 9.77. The number of hydrogen-bond donors (Lipinski definition) is 0. The summed E-state index contributed by atoms with van der Waals surface area (Å²) in [4.78, 5) is 12.2. The highest BCUT2D eigenvalue weighted by Crippen LogP contribution is 2.32. The van der Waals surface area contributed by atoms with E-state index in [1.165, 1.54) is 13.4 Å². The molecule has 4 nitrogen and oxygen atoms in total. The van der Waals surface area contributed by atoms with Gasteiger partial charge in [0.15, 0.2) is 9.84 Å². The first-order valence-corrected chi connectivity index (χ1v) is 9.11. The van der Waals surface area contributed by atoms with Gasteiger partial charge in [0.2, 0.25) is 0 Å². The minimum atomic E-state index is -3.41. The molecule has 1 rings (SSSR count). The number of methoxy groups -OCH3 is 1. The molecular weight excluding hydrogens is 288 g/mol. The van der Waals surface area contributed by atoms with Gasteiger partial charge in [0.25, 0.3) is 0 Å². The number of benzene rings is 1. The molecule has 0 aliphatic heterocycles. The second kappa shape index (κ2) is 7.07. The molecule has 0 saturated carbocycles. The number of ether oxygens (including phenoxy) is 1. The van der Waals surface area contributed by atoms with E-state index in [9.17, 15) is 13.2 Å². The fourth-order valence-corrected chi connectivity index (χ4v) is 3.85. The first kappa shape index (κ1) is 17.7. The van der Waals surface area contributed by atoms with Gasteiger partial charge < -0.3 is 4.74 Å². The monoisotopic (exact) mass is 312 g/mol. The van der Waals surface area contributed by atoms with Crippen LogP contribution in [-0.4, -0.2) is 27.8 Å². The molecule has 0 radical (unpaired) electrons. The Bertz CT molecular complexity index is 617. The van der Waals surface area contributed by atoms with Crippen molar-refractivity contribution in [3.05, 3.63) is 28.8 Å². The van der Waals surface area contributed by atoms with Crippen molar-refractivity contribution in [1.82, 2.24) is 0 Å². The van der Waals surface area contributed by atoms with Crippen molar-refractivity contribution in [3.63, 3.8) is 0 Å². The Hall–Kier alpha value is -1.36. The van der Waals surface area contributed by atoms with Gasteiger partial charge in [-0.25, -0.2) is 13.2 Å². The number of carbonyl (C=O) groups excluding carboxylic acids is 1. The molecule has 118 valence electrons. The van der Waals surface area contributed by atoms with E-state index in [0.717, 1.165) is 18.4 Å². The molecule has 0 spiro atoms. The topological polar surface area (TPSA) is 60.4 Å². The van der Waals surface area contributed by atoms with Gasteiger partial charge in [0.1, 0.15) is 0 Å². The lowest BCUT2D eigenvalue weighted by atomic mass is 9.92. The second-order valence-electron chi connectivity index (χ2n) is 5.33. The number of hydrogen-bond acceptors (Lipinski definition) is 4. The average molecular weight is 312 g/mol. The zero-order valence-electron chi connectivity index (χ0n) is 13.4. The molecule has 0 saturated heterocycles. The molecular formula is C16H24O4S. The van der Waals surface area contributed by atoms with Gasteiger partial charge in [-0.3, -0.25) is 0 Å². The lowest BCUT2D eigenvalue weighted by Crippen LogP contribution is -2.15. The molecule has 0 heterocycles. The van der Waals surface area contributed by atoms with Crippen molar-refractivity contribution in [2.24, 2.45) is 0 Å². The molecule has 0 aliphatic rings. The summed E-state index contributed by atoms with van der Waals surface area (Å²) in [6.45, 7) is 5.98. The van der Waals surface area contributed by atoms with Gasteiger partial charge in [0.05, 0.1) is 17.6 Å². The van der Waals surface area contributed by atoms with Crippen molar-refractivity contribution in [1.29, 1.82) is 0 Å². The van der Waals surface area contributed by atoms with E-state index in [-0.39, 0.29) is 5.92 Å². The second-order valence-corrected chi connectivity index (χ2v) is 7.29. The summed E-state index contributed by atoms with van der Waals surface area (Å²) in [5, 5.41) is 0. The minimum absolute atomic E-state index is 0.122. The van der Waals surface area contributed by atoms with Crippen LogP contribution in [0.15, 0.2) is 17.0 Å². The molecule has 1 aromatic carbocycles. The van der Waals surface area contributed by atoms with Crippen LogP contribution in [0.5, 0.6) is 0 Å². The Labute approximate surface area is 127 Å². The predicted molar refractivity (Wildman–Crippen MR) is 83.6 cm³/mol. The van der Waals surface area contributed by atoms with Crippen LogP contribution < -0.4 is 0 Å². The number of esters is 1. The van der Waals surface area contributed by atoms with E-state index in [2.05, 4.69) is 0 Å². The molecule has 0 aromatic heterocycles. The maximum absolute atomic E-state index is 12.3. The summed E-state index contributed by atoms with van der Waals surface area (Å²) in [6, 6.07) is 3.43. The van der Waals surface area contributed by atoms with Crippen LogP contribution in [0.4, 0.5) is 0 Å². The van der Waals surface area contributed by atoms with Crippen LogP contribution in [0.2, 0.25) is 0 Å². The zero-order valence-corrected chi connectivity index (χ0v) is 14.2. The van der Waals surface area contributed by atoms with E-state index in [1.807, 2.05) is 20.8 Å². The van der Waals surface area contributed by atoms with Crippen molar-refractivity contribution in [2.75, 3.05) is 13.4 Å². The van der Waals surface area contributed by atoms with Crippen molar-refractivity contribution >= 4 is 15.8 Å². The lowest BCUT2D eigenvalue weighted by Gasteiger charge is -2.19. The summed E-state index contributed by atoms with van der Waals surface area (Å²) >= 11 is 0. The fourth-order valence-electron chi connectivity index (χ4n) is 2.49. The van der Waals surface area contributed by atoms with Crippen LogP contribution in [0, 0.1) is 0 Å². The number of sulfone groups is 1. The van der Waals surface area contributed by atoms with E-state index in [0.29, 0.717) is 22.4 Å². The zero-order chi connectivity index (χ0) is 16.2. The van der Waals surface area contributed by atoms with E-state index < -0.39 is 15.8 Å². The predicted octanol–water partition coefficient (Wildman–Crippen LogP) is 3.34. The van der Waals surface area contributed by atoms with Crippen molar-refractivity contribution in [2.45, 2.75) is 50.8 Å². The Morgan fingerprint density at radius 1 is 1.29 bits per heavy atom. The molecule has 1 atom stereocenters. The fraction of sp³-hybridized carbons (Fsp3) is 0.562. The average Bonchev–Trinajstić information content (AvgIpc) is 2.44. The third-order valence-electron chi connectivity index (χ3n) is 3.71. The van der Waals surface area contributed by atoms with E-state index >= 15 is 0 Å². The van der Waals surface area contributed by atoms with Gasteiger partial charge in [-0.15, -0.1) is 0 Å². The van der Waals surface area contributed by atoms with Crippen LogP contribution in [-0.2, 0) is 21.0 Å². The summed E-state index contributed by atoms with van der Waals surface area (Å²) < 4.78 is 29.3. The summed E-state index contributed by atoms with van der Waals surface area (Å²) in [5.41, 5.74) is 1.73. The summed E-state index contributed by atoms with van der Waals surface area (Å²) in [7, 11) is -2.11. The van der Waals surface area contributed by atoms with E-state index in [4.69, 9.17) is 4.74 Å².